The molecule has 26 heavy (non-hydrogen) atoms. The molecular formula is C21H23NO4. The normalized spacial score (nSPS) is 19.9. The van der Waals surface area contributed by atoms with Gasteiger partial charge in [0.05, 0.1) is 7.11 Å². The van der Waals surface area contributed by atoms with Crippen molar-refractivity contribution in [2.75, 3.05) is 7.11 Å². The Balaban J connectivity index is 1.53. The molecule has 3 rings (SSSR count). The Hall–Kier alpha value is -2.82. The van der Waals surface area contributed by atoms with Crippen LogP contribution in [0.2, 0.25) is 0 Å². The fraction of sp³-hybridized carbons (Fsp3) is 0.333. The summed E-state index contributed by atoms with van der Waals surface area (Å²) in [5.74, 6) is 0.172. The van der Waals surface area contributed by atoms with Crippen LogP contribution >= 0.6 is 0 Å². The Kier molecular flexibility index (Phi) is 5.56. The lowest BCUT2D eigenvalue weighted by Crippen LogP contribution is -2.36. The molecule has 1 aliphatic carbocycles. The molecule has 1 atom stereocenters. The first-order chi connectivity index (χ1) is 12.6. The van der Waals surface area contributed by atoms with Crippen LogP contribution in [0.15, 0.2) is 54.6 Å². The molecular weight excluding hydrogens is 330 g/mol. The van der Waals surface area contributed by atoms with Crippen LogP contribution in [0, 0.1) is 5.92 Å². The van der Waals surface area contributed by atoms with Crippen molar-refractivity contribution in [3.63, 3.8) is 0 Å². The lowest BCUT2D eigenvalue weighted by atomic mass is 9.70. The standard InChI is InChI=1S/C21H23NO4/c1-26-18-9-7-16(8-10-18)20(21(24)25)22-19(23)13-14-11-17(12-14)15-5-3-2-4-6-15/h2-10,14,17,20H,11-13H2,1H3,(H,22,23)(H,24,25). The number of amides is 1. The molecule has 2 aromatic carbocycles. The lowest BCUT2D eigenvalue weighted by Gasteiger charge is -2.35. The summed E-state index contributed by atoms with van der Waals surface area (Å²) in [6.07, 6.45) is 2.30. The number of rotatable bonds is 7. The van der Waals surface area contributed by atoms with Gasteiger partial charge in [0.1, 0.15) is 5.75 Å². The summed E-state index contributed by atoms with van der Waals surface area (Å²) in [6, 6.07) is 15.9. The minimum Gasteiger partial charge on any atom is -0.497 e. The summed E-state index contributed by atoms with van der Waals surface area (Å²) in [4.78, 5) is 23.9. The van der Waals surface area contributed by atoms with Gasteiger partial charge in [-0.3, -0.25) is 4.79 Å². The van der Waals surface area contributed by atoms with Crippen LogP contribution in [0.3, 0.4) is 0 Å². The molecule has 1 unspecified atom stereocenters. The van der Waals surface area contributed by atoms with E-state index in [0.717, 1.165) is 12.8 Å². The molecule has 5 nitrogen and oxygen atoms in total. The molecule has 1 fully saturated rings. The SMILES string of the molecule is COc1ccc(C(NC(=O)CC2CC(c3ccccc3)C2)C(=O)O)cc1. The number of ether oxygens (including phenoxy) is 1. The molecule has 0 bridgehead atoms. The molecule has 1 amide bonds. The van der Waals surface area contributed by atoms with Crippen LogP contribution in [-0.4, -0.2) is 24.1 Å². The maximum atomic E-state index is 12.3. The first kappa shape index (κ1) is 18.0. The average Bonchev–Trinajstić information content (AvgIpc) is 2.63. The van der Waals surface area contributed by atoms with Crippen LogP contribution in [0.1, 0.15) is 42.3 Å². The molecule has 0 radical (unpaired) electrons. The summed E-state index contributed by atoms with van der Waals surface area (Å²) >= 11 is 0. The van der Waals surface area contributed by atoms with Crippen molar-refractivity contribution in [1.82, 2.24) is 5.32 Å². The van der Waals surface area contributed by atoms with Crippen LogP contribution < -0.4 is 10.1 Å². The number of hydrogen-bond donors (Lipinski definition) is 2. The van der Waals surface area contributed by atoms with Gasteiger partial charge < -0.3 is 15.2 Å². The quantitative estimate of drug-likeness (QED) is 0.798. The van der Waals surface area contributed by atoms with Gasteiger partial charge in [-0.2, -0.15) is 0 Å². The van der Waals surface area contributed by atoms with Gasteiger partial charge in [0.15, 0.2) is 6.04 Å². The maximum absolute atomic E-state index is 12.3. The van der Waals surface area contributed by atoms with Gasteiger partial charge in [0.2, 0.25) is 5.91 Å². The second-order valence-electron chi connectivity index (χ2n) is 6.76. The third-order valence-corrected chi connectivity index (χ3v) is 4.98. The molecule has 5 heteroatoms. The van der Waals surface area contributed by atoms with Crippen molar-refractivity contribution in [2.45, 2.75) is 31.2 Å². The number of nitrogens with one attached hydrogen (secondary N) is 1. The summed E-state index contributed by atoms with van der Waals surface area (Å²) in [6.45, 7) is 0. The van der Waals surface area contributed by atoms with E-state index in [9.17, 15) is 14.7 Å². The van der Waals surface area contributed by atoms with Crippen LogP contribution in [0.4, 0.5) is 0 Å². The molecule has 0 spiro atoms. The molecule has 136 valence electrons. The third kappa shape index (κ3) is 4.23. The van der Waals surface area contributed by atoms with Gasteiger partial charge >= 0.3 is 5.97 Å². The van der Waals surface area contributed by atoms with E-state index in [4.69, 9.17) is 4.74 Å². The second kappa shape index (κ2) is 8.04. The molecule has 0 heterocycles. The average molecular weight is 353 g/mol. The molecule has 2 N–H and O–H groups in total. The number of hydrogen-bond acceptors (Lipinski definition) is 3. The van der Waals surface area contributed by atoms with Crippen molar-refractivity contribution in [1.29, 1.82) is 0 Å². The Morgan fingerprint density at radius 2 is 1.77 bits per heavy atom. The smallest absolute Gasteiger partial charge is 0.330 e. The lowest BCUT2D eigenvalue weighted by molar-refractivity contribution is -0.142. The zero-order valence-corrected chi connectivity index (χ0v) is 14.7. The number of benzene rings is 2. The van der Waals surface area contributed by atoms with Crippen molar-refractivity contribution in [2.24, 2.45) is 5.92 Å². The number of carbonyl (C=O) groups is 2. The number of methoxy groups -OCH3 is 1. The van der Waals surface area contributed by atoms with Gasteiger partial charge in [0.25, 0.3) is 0 Å². The Morgan fingerprint density at radius 1 is 1.12 bits per heavy atom. The van der Waals surface area contributed by atoms with Gasteiger partial charge in [-0.15, -0.1) is 0 Å². The second-order valence-corrected chi connectivity index (χ2v) is 6.76. The Bertz CT molecular complexity index is 751. The topological polar surface area (TPSA) is 75.6 Å². The van der Waals surface area contributed by atoms with Crippen LogP contribution in [0.25, 0.3) is 0 Å². The van der Waals surface area contributed by atoms with Gasteiger partial charge in [-0.1, -0.05) is 42.5 Å². The van der Waals surface area contributed by atoms with Gasteiger partial charge in [0, 0.05) is 6.42 Å². The number of aliphatic carboxylic acids is 1. The third-order valence-electron chi connectivity index (χ3n) is 4.98. The van der Waals surface area contributed by atoms with E-state index in [1.807, 2.05) is 18.2 Å². The van der Waals surface area contributed by atoms with Crippen molar-refractivity contribution in [3.8, 4) is 5.75 Å². The summed E-state index contributed by atoms with van der Waals surface area (Å²) in [7, 11) is 1.55. The molecule has 1 saturated carbocycles. The fourth-order valence-corrected chi connectivity index (χ4v) is 3.47. The van der Waals surface area contributed by atoms with E-state index >= 15 is 0 Å². The minimum atomic E-state index is -1.07. The maximum Gasteiger partial charge on any atom is 0.330 e. The molecule has 1 aliphatic rings. The predicted molar refractivity (Wildman–Crippen MR) is 98.0 cm³/mol. The van der Waals surface area contributed by atoms with E-state index in [1.54, 1.807) is 31.4 Å². The van der Waals surface area contributed by atoms with E-state index < -0.39 is 12.0 Å². The van der Waals surface area contributed by atoms with Crippen molar-refractivity contribution in [3.05, 3.63) is 65.7 Å². The highest BCUT2D eigenvalue weighted by Crippen LogP contribution is 2.43. The van der Waals surface area contributed by atoms with E-state index in [1.165, 1.54) is 5.56 Å². The van der Waals surface area contributed by atoms with E-state index in [0.29, 0.717) is 29.6 Å². The fourth-order valence-electron chi connectivity index (χ4n) is 3.47. The van der Waals surface area contributed by atoms with Crippen molar-refractivity contribution < 1.29 is 19.4 Å². The summed E-state index contributed by atoms with van der Waals surface area (Å²) in [5.41, 5.74) is 1.84. The monoisotopic (exact) mass is 353 g/mol. The largest absolute Gasteiger partial charge is 0.497 e. The predicted octanol–water partition coefficient (Wildman–Crippen LogP) is 3.52. The first-order valence-corrected chi connectivity index (χ1v) is 8.78. The molecule has 0 aromatic heterocycles. The van der Waals surface area contributed by atoms with Crippen LogP contribution in [0.5, 0.6) is 5.75 Å². The minimum absolute atomic E-state index is 0.218. The number of carboxylic acids is 1. The van der Waals surface area contributed by atoms with Crippen LogP contribution in [-0.2, 0) is 9.59 Å². The number of carbonyl (C=O) groups excluding carboxylic acids is 1. The zero-order valence-electron chi connectivity index (χ0n) is 14.7. The summed E-state index contributed by atoms with van der Waals surface area (Å²) < 4.78 is 5.08. The Labute approximate surface area is 153 Å². The Morgan fingerprint density at radius 3 is 2.35 bits per heavy atom. The molecule has 0 saturated heterocycles. The van der Waals surface area contributed by atoms with Gasteiger partial charge in [-0.25, -0.2) is 4.79 Å². The number of carboxylic acid groups (broad SMARTS) is 1. The highest BCUT2D eigenvalue weighted by atomic mass is 16.5. The van der Waals surface area contributed by atoms with Gasteiger partial charge in [-0.05, 0) is 47.9 Å². The van der Waals surface area contributed by atoms with Crippen molar-refractivity contribution >= 4 is 11.9 Å². The first-order valence-electron chi connectivity index (χ1n) is 8.78. The highest BCUT2D eigenvalue weighted by molar-refractivity contribution is 5.84. The molecule has 0 aliphatic heterocycles. The highest BCUT2D eigenvalue weighted by Gasteiger charge is 2.32. The van der Waals surface area contributed by atoms with E-state index in [2.05, 4.69) is 17.4 Å². The molecule has 2 aromatic rings. The summed E-state index contributed by atoms with van der Waals surface area (Å²) in [5, 5.41) is 12.1. The zero-order chi connectivity index (χ0) is 18.5. The van der Waals surface area contributed by atoms with E-state index in [-0.39, 0.29) is 5.91 Å².